The van der Waals surface area contributed by atoms with Gasteiger partial charge >= 0.3 is 14.9 Å². The summed E-state index contributed by atoms with van der Waals surface area (Å²) in [7, 11) is -2.90. The highest BCUT2D eigenvalue weighted by Gasteiger charge is 2.23. The highest BCUT2D eigenvalue weighted by Crippen LogP contribution is 2.43. The summed E-state index contributed by atoms with van der Waals surface area (Å²) in [6.07, 6.45) is 1.54. The van der Waals surface area contributed by atoms with Crippen molar-refractivity contribution in [3.63, 3.8) is 0 Å². The first-order chi connectivity index (χ1) is 60.8. The number of aromatic nitrogens is 6. The lowest BCUT2D eigenvalue weighted by Crippen LogP contribution is -2.30. The number of fused-ring (bicyclic) bond motifs is 17. The van der Waals surface area contributed by atoms with E-state index in [0.717, 1.165) is 149 Å². The summed E-state index contributed by atoms with van der Waals surface area (Å²) in [6, 6.07) is 117. The minimum atomic E-state index is -1.48. The predicted octanol–water partition coefficient (Wildman–Crippen LogP) is 27.8. The second-order valence-electron chi connectivity index (χ2n) is 27.7. The third kappa shape index (κ3) is 20.4. The second kappa shape index (κ2) is 42.0. The van der Waals surface area contributed by atoms with Crippen LogP contribution < -0.4 is 27.5 Å². The molecule has 0 saturated heterocycles. The number of halogens is 9. The number of carbonyl (C=O) groups excluding carboxylic acids is 2. The van der Waals surface area contributed by atoms with Crippen LogP contribution in [0.4, 0.5) is 11.4 Å². The molecular formula is C101H70BBrCl8N8O5P+. The summed E-state index contributed by atoms with van der Waals surface area (Å²) in [5, 5.41) is 30.6. The Morgan fingerprint density at radius 2 is 0.696 bits per heavy atom. The summed E-state index contributed by atoms with van der Waals surface area (Å²) in [5.41, 5.74) is 28.0. The van der Waals surface area contributed by atoms with Crippen LogP contribution in [0, 0.1) is 0 Å². The minimum Gasteiger partial charge on any atom is -0.423 e. The van der Waals surface area contributed by atoms with Crippen molar-refractivity contribution in [2.24, 2.45) is 0 Å². The number of hydrogen-bond donors (Lipinski definition) is 5. The molecular weight excluding hydrogens is 1810 g/mol. The van der Waals surface area contributed by atoms with Crippen LogP contribution in [0.25, 0.3) is 121 Å². The van der Waals surface area contributed by atoms with Crippen LogP contribution in [-0.2, 0) is 4.57 Å². The van der Waals surface area contributed by atoms with E-state index in [1.807, 2.05) is 218 Å². The number of pyridine rings is 2. The molecule has 0 spiro atoms. The molecule has 0 radical (unpaired) electrons. The Morgan fingerprint density at radius 3 is 1.16 bits per heavy atom. The molecule has 0 fully saturated rings. The number of nitrogens with one attached hydrogen (secondary N) is 1. The lowest BCUT2D eigenvalue weighted by atomic mass is 9.80. The standard InChI is InChI=1S/C19H12Cl2N2.2C19H11ClN2.C13H8Cl2O.C12H10OP.C7H4BrClO.C6H6BClO2.C6H8N2/c20-14-8-2-1-6-12(14)18-13(7-5-9-15(18)21)19-22-16-10-3-4-11-17(16)23-19;2*20-14-8-5-7-13-18(14)12-6-1-3-10-16(12)22-17-11-4-2-9-15(17)21-19(13)22;14-11-6-2-1-5-10(11)13-9(8-16)4-3-7-12(13)15;13-14(11-7-3-1-4-8-11)12-9-5-2-6-10-12;8-7-5(4-10)2-1-3-6(7)9;8-6-4-2-1-3-5(6)7(9)10;7-5-3-1-2-4-6(5)8/h1-11H,(H,22,23);2*1-11H;1-8H;1-10H;1-4H;1-4,9-10H;1-4H,7-8H2/q;;;;+1;;;. The molecule has 5 heterocycles. The van der Waals surface area contributed by atoms with E-state index in [1.54, 1.807) is 78.9 Å². The van der Waals surface area contributed by atoms with Gasteiger partial charge in [-0.2, -0.15) is 0 Å². The summed E-state index contributed by atoms with van der Waals surface area (Å²) in [5.74, 6) is 0.781. The van der Waals surface area contributed by atoms with Crippen molar-refractivity contribution in [3.05, 3.63) is 426 Å². The third-order valence-corrected chi connectivity index (χ3v) is 25.1. The second-order valence-corrected chi connectivity index (χ2v) is 33.3. The van der Waals surface area contributed by atoms with Crippen LogP contribution in [0.3, 0.4) is 0 Å². The van der Waals surface area contributed by atoms with Crippen LogP contribution in [0.1, 0.15) is 20.7 Å². The maximum atomic E-state index is 12.0. The van der Waals surface area contributed by atoms with Gasteiger partial charge in [-0.3, -0.25) is 18.4 Å². The first-order valence-corrected chi connectivity index (χ1v) is 43.8. The molecule has 0 amide bonds. The Bertz CT molecular complexity index is 7210. The number of imidazole rings is 3. The molecule has 5 aromatic heterocycles. The smallest absolute Gasteiger partial charge is 0.423 e. The molecule has 0 atom stereocenters. The van der Waals surface area contributed by atoms with Crippen LogP contribution in [0.2, 0.25) is 40.2 Å². The normalized spacial score (nSPS) is 10.7. The molecule has 0 aliphatic heterocycles. The average Bonchev–Trinajstić information content (AvgIpc) is 1.54. The molecule has 24 heteroatoms. The molecule has 7 N–H and O–H groups in total. The number of carbonyl (C=O) groups is 2. The lowest BCUT2D eigenvalue weighted by Gasteiger charge is -2.11. The van der Waals surface area contributed by atoms with Gasteiger partial charge < -0.3 is 26.5 Å². The van der Waals surface area contributed by atoms with Crippen LogP contribution >= 0.6 is 117 Å². The fourth-order valence-electron chi connectivity index (χ4n) is 14.0. The minimum absolute atomic E-state index is 0.337. The van der Waals surface area contributed by atoms with Crippen molar-refractivity contribution >= 4 is 251 Å². The number of rotatable bonds is 8. The van der Waals surface area contributed by atoms with Gasteiger partial charge in [0.2, 0.25) is 0 Å². The van der Waals surface area contributed by atoms with Gasteiger partial charge in [0.1, 0.15) is 17.1 Å². The summed E-state index contributed by atoms with van der Waals surface area (Å²) < 4.78 is 17.1. The summed E-state index contributed by atoms with van der Waals surface area (Å²) in [4.78, 5) is 39.0. The molecule has 0 unspecified atom stereocenters. The number of nitrogens with two attached hydrogens (primary N) is 2. The first-order valence-electron chi connectivity index (χ1n) is 38.7. The van der Waals surface area contributed by atoms with E-state index in [4.69, 9.17) is 124 Å². The van der Waals surface area contributed by atoms with Crippen LogP contribution in [0.5, 0.6) is 0 Å². The maximum absolute atomic E-state index is 12.0. The Kier molecular flexibility index (Phi) is 29.9. The van der Waals surface area contributed by atoms with Crippen molar-refractivity contribution in [2.75, 3.05) is 11.5 Å². The molecule has 21 aromatic rings. The van der Waals surface area contributed by atoms with E-state index < -0.39 is 14.9 Å². The molecule has 0 saturated carbocycles. The number of hydrogen-bond acceptors (Lipinski definition) is 10. The van der Waals surface area contributed by atoms with Gasteiger partial charge in [0.25, 0.3) is 0 Å². The third-order valence-electron chi connectivity index (χ3n) is 19.8. The number of H-pyrrole nitrogens is 1. The quantitative estimate of drug-likeness (QED) is 0.0320. The van der Waals surface area contributed by atoms with Crippen LogP contribution in [0.15, 0.2) is 375 Å². The maximum Gasteiger partial charge on any atom is 0.489 e. The van der Waals surface area contributed by atoms with E-state index in [0.29, 0.717) is 68.1 Å². The van der Waals surface area contributed by atoms with Gasteiger partial charge in [0.15, 0.2) is 23.2 Å². The van der Waals surface area contributed by atoms with Crippen molar-refractivity contribution in [2.45, 2.75) is 0 Å². The molecule has 16 aromatic carbocycles. The van der Waals surface area contributed by atoms with Crippen molar-refractivity contribution in [1.82, 2.24) is 28.7 Å². The SMILES string of the molecule is Clc1cccc2c1c1ccccc1n1c3ccccc3nc21.Clc1cccc2c1c1ccccc1n1c3ccccc3nc21.Clc1ccccc1-c1c(Cl)cccc1-c1nc2ccccc2[nH]1.Nc1ccccc1N.O=Cc1cccc(Cl)c1-c1ccccc1Cl.O=Cc1cccc(Cl)c1Br.O=[P+](c1ccccc1)c1ccccc1.OB(O)c1ccccc1Cl. The first kappa shape index (κ1) is 89.0. The Morgan fingerprint density at radius 1 is 0.336 bits per heavy atom. The van der Waals surface area contributed by atoms with Crippen molar-refractivity contribution < 1.29 is 24.2 Å². The van der Waals surface area contributed by atoms with Gasteiger partial charge in [-0.05, 0) is 149 Å². The Hall–Kier alpha value is -12.2. The summed E-state index contributed by atoms with van der Waals surface area (Å²) in [6.45, 7) is 0. The zero-order valence-electron chi connectivity index (χ0n) is 65.8. The van der Waals surface area contributed by atoms with Crippen molar-refractivity contribution in [1.29, 1.82) is 0 Å². The number of aldehydes is 2. The number of para-hydroxylation sites is 10. The predicted molar refractivity (Wildman–Crippen MR) is 531 cm³/mol. The highest BCUT2D eigenvalue weighted by molar-refractivity contribution is 9.10. The van der Waals surface area contributed by atoms with Gasteiger partial charge in [-0.1, -0.05) is 334 Å². The molecule has 0 bridgehead atoms. The molecule has 614 valence electrons. The molecule has 125 heavy (non-hydrogen) atoms. The van der Waals surface area contributed by atoms with Crippen molar-refractivity contribution in [3.8, 4) is 33.6 Å². The topological polar surface area (TPSA) is 207 Å². The fourth-order valence-corrected chi connectivity index (χ4v) is 17.6. The largest absolute Gasteiger partial charge is 0.489 e. The number of anilines is 2. The Labute approximate surface area is 768 Å². The molecule has 0 aliphatic rings. The van der Waals surface area contributed by atoms with E-state index >= 15 is 0 Å². The van der Waals surface area contributed by atoms with E-state index in [1.165, 1.54) is 0 Å². The zero-order chi connectivity index (χ0) is 87.6. The zero-order valence-corrected chi connectivity index (χ0v) is 74.3. The van der Waals surface area contributed by atoms with E-state index in [9.17, 15) is 14.2 Å². The molecule has 0 aliphatic carbocycles. The van der Waals surface area contributed by atoms with Gasteiger partial charge in [-0.25, -0.2) is 15.0 Å². The number of nitrogen functional groups attached to an aromatic ring is 2. The number of nitrogens with zero attached hydrogens (tertiary/aromatic N) is 5. The monoisotopic (exact) mass is 1880 g/mol. The van der Waals surface area contributed by atoms with Gasteiger partial charge in [0, 0.05) is 116 Å². The molecule has 21 rings (SSSR count). The van der Waals surface area contributed by atoms with E-state index in [2.05, 4.69) is 107 Å². The van der Waals surface area contributed by atoms with Gasteiger partial charge in [-0.15, -0.1) is 0 Å². The Balaban J connectivity index is 0.000000119. The van der Waals surface area contributed by atoms with Crippen LogP contribution in [-0.4, -0.2) is 58.5 Å². The molecule has 13 nitrogen and oxygen atoms in total. The lowest BCUT2D eigenvalue weighted by molar-refractivity contribution is 0.111. The highest BCUT2D eigenvalue weighted by atomic mass is 79.9. The number of aromatic amines is 1. The number of benzene rings is 16. The average molecular weight is 1880 g/mol. The summed E-state index contributed by atoms with van der Waals surface area (Å²) >= 11 is 52.5. The fraction of sp³-hybridized carbons (Fsp3) is 0. The van der Waals surface area contributed by atoms with Gasteiger partial charge in [0.05, 0.1) is 60.5 Å². The van der Waals surface area contributed by atoms with E-state index in [-0.39, 0.29) is 0 Å².